The van der Waals surface area contributed by atoms with Gasteiger partial charge in [0.2, 0.25) is 0 Å². The van der Waals surface area contributed by atoms with Gasteiger partial charge >= 0.3 is 0 Å². The predicted molar refractivity (Wildman–Crippen MR) is 191 cm³/mol. The van der Waals surface area contributed by atoms with E-state index in [9.17, 15) is 4.79 Å². The van der Waals surface area contributed by atoms with E-state index in [2.05, 4.69) is 40.3 Å². The molecule has 0 radical (unpaired) electrons. The van der Waals surface area contributed by atoms with Gasteiger partial charge in [-0.25, -0.2) is 4.98 Å². The quantitative estimate of drug-likeness (QED) is 0.0888. The molecule has 1 aliphatic rings. The molecule has 0 unspecified atom stereocenters. The van der Waals surface area contributed by atoms with Crippen LogP contribution >= 0.6 is 0 Å². The summed E-state index contributed by atoms with van der Waals surface area (Å²) in [4.78, 5) is 19.6. The molecule has 1 amide bonds. The summed E-state index contributed by atoms with van der Waals surface area (Å²) in [5, 5.41) is 13.2. The van der Waals surface area contributed by atoms with Crippen molar-refractivity contribution in [2.45, 2.75) is 54.0 Å². The molecule has 1 aromatic heterocycles. The standard InChI is InChI=1S/C34H34N6O.2C2H6/c1-4-6-23(7-5-2)9-17-29(36)33-28(35)16-8-22(3)32(33)27(24-10-11-24)20-30(37)25-12-14-26(15-13-25)34(41)40-21-31-38-18-19-39-31;2*1-2/h4-8,12-16,18-20,24,36H,1,3,10-11,21,35,37H2,2H3,(H,38,39)(H,40,41);2*1-2H3/b7-5-,23-6+,30-20-,32-27-,36-29?;;. The van der Waals surface area contributed by atoms with E-state index in [1.165, 1.54) is 0 Å². The summed E-state index contributed by atoms with van der Waals surface area (Å²) in [5.74, 6) is 6.76. The van der Waals surface area contributed by atoms with Gasteiger partial charge in [-0.3, -0.25) is 10.2 Å². The van der Waals surface area contributed by atoms with Crippen molar-refractivity contribution in [1.29, 1.82) is 5.41 Å². The third-order valence-corrected chi connectivity index (χ3v) is 6.62. The zero-order chi connectivity index (χ0) is 33.4. The van der Waals surface area contributed by atoms with Crippen molar-refractivity contribution in [3.05, 3.63) is 124 Å². The van der Waals surface area contributed by atoms with E-state index in [1.54, 1.807) is 42.7 Å². The van der Waals surface area contributed by atoms with Crippen LogP contribution in [-0.4, -0.2) is 21.6 Å². The summed E-state index contributed by atoms with van der Waals surface area (Å²) in [6, 6.07) is 10.8. The second-order valence-corrected chi connectivity index (χ2v) is 9.67. The summed E-state index contributed by atoms with van der Waals surface area (Å²) in [6.45, 7) is 18.2. The van der Waals surface area contributed by atoms with Gasteiger partial charge in [-0.05, 0) is 83.5 Å². The number of carbonyl (C=O) groups excluding carboxylic acids is 1. The number of H-pyrrole nitrogens is 1. The van der Waals surface area contributed by atoms with Crippen molar-refractivity contribution in [3.8, 4) is 11.8 Å². The van der Waals surface area contributed by atoms with E-state index in [4.69, 9.17) is 16.9 Å². The molecule has 0 atom stereocenters. The summed E-state index contributed by atoms with van der Waals surface area (Å²) in [6.07, 6.45) is 14.5. The molecule has 7 heteroatoms. The van der Waals surface area contributed by atoms with Gasteiger partial charge in [-0.2, -0.15) is 0 Å². The Morgan fingerprint density at radius 2 is 1.78 bits per heavy atom. The minimum Gasteiger partial charge on any atom is -0.398 e. The molecule has 2 aromatic carbocycles. The number of allylic oxidation sites excluding steroid dienone is 6. The van der Waals surface area contributed by atoms with E-state index in [0.29, 0.717) is 34.9 Å². The van der Waals surface area contributed by atoms with Gasteiger partial charge in [0, 0.05) is 40.5 Å². The van der Waals surface area contributed by atoms with Gasteiger partial charge in [-0.15, -0.1) is 0 Å². The van der Waals surface area contributed by atoms with Crippen LogP contribution in [0, 0.1) is 23.2 Å². The van der Waals surface area contributed by atoms with E-state index in [1.807, 2.05) is 71.0 Å². The number of nitrogens with zero attached hydrogens (tertiary/aromatic N) is 1. The molecule has 4 rings (SSSR count). The average Bonchev–Trinajstić information content (AvgIpc) is 3.78. The van der Waals surface area contributed by atoms with Crippen molar-refractivity contribution in [3.63, 3.8) is 0 Å². The number of rotatable bonds is 9. The van der Waals surface area contributed by atoms with Crippen molar-refractivity contribution < 1.29 is 4.79 Å². The fraction of sp³-hybridized carbons (Fsp3) is 0.237. The van der Waals surface area contributed by atoms with Crippen LogP contribution in [0.4, 0.5) is 5.69 Å². The molecule has 0 aliphatic heterocycles. The number of hydrogen-bond donors (Lipinski definition) is 5. The smallest absolute Gasteiger partial charge is 0.251 e. The zero-order valence-corrected chi connectivity index (χ0v) is 27.1. The maximum Gasteiger partial charge on any atom is 0.251 e. The van der Waals surface area contributed by atoms with E-state index in [-0.39, 0.29) is 17.5 Å². The first-order chi connectivity index (χ1) is 21.8. The number of nitrogen functional groups attached to an aromatic ring is 1. The minimum atomic E-state index is -0.202. The highest BCUT2D eigenvalue weighted by Crippen LogP contribution is 2.38. The third kappa shape index (κ3) is 10.1. The first kappa shape index (κ1) is 35.8. The monoisotopic (exact) mass is 602 g/mol. The normalized spacial score (nSPS) is 13.3. The Bertz CT molecular complexity index is 1730. The molecule has 0 saturated heterocycles. The Morgan fingerprint density at radius 3 is 2.36 bits per heavy atom. The molecule has 45 heavy (non-hydrogen) atoms. The number of carbonyl (C=O) groups is 1. The van der Waals surface area contributed by atoms with Gasteiger partial charge in [0.15, 0.2) is 0 Å². The summed E-state index contributed by atoms with van der Waals surface area (Å²) in [5.41, 5.74) is 17.7. The number of benzene rings is 2. The van der Waals surface area contributed by atoms with Gasteiger partial charge in [0.25, 0.3) is 5.91 Å². The Labute approximate surface area is 267 Å². The molecule has 3 aromatic rings. The van der Waals surface area contributed by atoms with Crippen LogP contribution in [0.25, 0.3) is 17.8 Å². The molecule has 1 saturated carbocycles. The Balaban J connectivity index is 0.00000169. The Morgan fingerprint density at radius 1 is 1.11 bits per heavy atom. The summed E-state index contributed by atoms with van der Waals surface area (Å²) in [7, 11) is 0. The fourth-order valence-electron chi connectivity index (χ4n) is 4.42. The highest BCUT2D eigenvalue weighted by Gasteiger charge is 2.27. The highest BCUT2D eigenvalue weighted by atomic mass is 16.1. The van der Waals surface area contributed by atoms with Crippen LogP contribution < -0.4 is 27.2 Å². The minimum absolute atomic E-state index is 0.109. The Kier molecular flexibility index (Phi) is 14.6. The van der Waals surface area contributed by atoms with Gasteiger partial charge in [0.1, 0.15) is 11.5 Å². The first-order valence-corrected chi connectivity index (χ1v) is 15.3. The van der Waals surface area contributed by atoms with Crippen molar-refractivity contribution in [1.82, 2.24) is 15.3 Å². The van der Waals surface area contributed by atoms with Gasteiger partial charge in [-0.1, -0.05) is 83.2 Å². The van der Waals surface area contributed by atoms with Crippen LogP contribution in [-0.2, 0) is 6.54 Å². The number of nitrogens with one attached hydrogen (secondary N) is 3. The third-order valence-electron chi connectivity index (χ3n) is 6.62. The first-order valence-electron chi connectivity index (χ1n) is 15.3. The highest BCUT2D eigenvalue weighted by molar-refractivity contribution is 6.14. The van der Waals surface area contributed by atoms with Crippen molar-refractivity contribution in [2.24, 2.45) is 11.7 Å². The maximum absolute atomic E-state index is 12.6. The largest absolute Gasteiger partial charge is 0.398 e. The van der Waals surface area contributed by atoms with Crippen LogP contribution in [0.3, 0.4) is 0 Å². The topological polar surface area (TPSA) is 134 Å². The SMILES string of the molecule is C=C/C=C(C#CC(=N)c1c(N)ccc(=C)/c1=C(\C=C(/N)c1ccc(C(=O)NCc2ncc[nH]2)cc1)C1CC1)\C=C/C.CC.CC. The number of anilines is 1. The van der Waals surface area contributed by atoms with E-state index in [0.717, 1.165) is 40.0 Å². The fourth-order valence-corrected chi connectivity index (χ4v) is 4.42. The molecule has 0 spiro atoms. The molecule has 234 valence electrons. The van der Waals surface area contributed by atoms with Crippen molar-refractivity contribution >= 4 is 35.2 Å². The van der Waals surface area contributed by atoms with Crippen LogP contribution in [0.1, 0.15) is 74.8 Å². The molecule has 7 nitrogen and oxygen atoms in total. The number of hydrogen-bond acceptors (Lipinski definition) is 5. The summed E-state index contributed by atoms with van der Waals surface area (Å²) >= 11 is 0. The summed E-state index contributed by atoms with van der Waals surface area (Å²) < 4.78 is 0. The second kappa shape index (κ2) is 18.3. The van der Waals surface area contributed by atoms with Crippen LogP contribution in [0.15, 0.2) is 91.3 Å². The number of imidazole rings is 1. The van der Waals surface area contributed by atoms with Crippen molar-refractivity contribution in [2.75, 3.05) is 5.73 Å². The lowest BCUT2D eigenvalue weighted by Gasteiger charge is -2.11. The van der Waals surface area contributed by atoms with E-state index >= 15 is 0 Å². The Hall–Kier alpha value is -5.35. The lowest BCUT2D eigenvalue weighted by atomic mass is 9.95. The molecule has 0 bridgehead atoms. The van der Waals surface area contributed by atoms with Gasteiger partial charge in [0.05, 0.1) is 6.54 Å². The number of amides is 1. The lowest BCUT2D eigenvalue weighted by molar-refractivity contribution is 0.0950. The zero-order valence-electron chi connectivity index (χ0n) is 27.1. The number of nitrogens with two attached hydrogens (primary N) is 2. The average molecular weight is 603 g/mol. The maximum atomic E-state index is 12.6. The van der Waals surface area contributed by atoms with Gasteiger partial charge < -0.3 is 21.8 Å². The molecule has 1 aliphatic carbocycles. The molecule has 1 fully saturated rings. The molecule has 7 N–H and O–H groups in total. The molecule has 1 heterocycles. The molecular weight excluding hydrogens is 556 g/mol. The second-order valence-electron chi connectivity index (χ2n) is 9.67. The predicted octanol–water partition coefficient (Wildman–Crippen LogP) is 6.00. The number of aromatic nitrogens is 2. The molecular formula is C38H46N6O. The number of aromatic amines is 1. The van der Waals surface area contributed by atoms with Crippen LogP contribution in [0.5, 0.6) is 0 Å². The van der Waals surface area contributed by atoms with Crippen LogP contribution in [0.2, 0.25) is 0 Å². The van der Waals surface area contributed by atoms with E-state index < -0.39 is 0 Å². The lowest BCUT2D eigenvalue weighted by Crippen LogP contribution is -2.33.